The second-order valence-corrected chi connectivity index (χ2v) is 4.93. The van der Waals surface area contributed by atoms with Crippen LogP contribution in [0.15, 0.2) is 24.3 Å². The number of carbonyl (C=O) groups is 2. The number of hydrogen-bond acceptors (Lipinski definition) is 3. The van der Waals surface area contributed by atoms with Gasteiger partial charge in [0.15, 0.2) is 0 Å². The quantitative estimate of drug-likeness (QED) is 0.835. The second-order valence-electron chi connectivity index (χ2n) is 4.93. The van der Waals surface area contributed by atoms with Crippen LogP contribution >= 0.6 is 0 Å². The van der Waals surface area contributed by atoms with Crippen LogP contribution in [0.25, 0.3) is 0 Å². The Labute approximate surface area is 126 Å². The Hall–Kier alpha value is -1.88. The Morgan fingerprint density at radius 3 is 2.52 bits per heavy atom. The molecule has 116 valence electrons. The molecule has 0 fully saturated rings. The summed E-state index contributed by atoms with van der Waals surface area (Å²) in [5, 5.41) is 2.90. The van der Waals surface area contributed by atoms with Gasteiger partial charge in [0.1, 0.15) is 0 Å². The molecule has 2 amide bonds. The molecule has 1 atom stereocenters. The molecule has 5 nitrogen and oxygen atoms in total. The van der Waals surface area contributed by atoms with Crippen LogP contribution in [0.2, 0.25) is 0 Å². The average Bonchev–Trinajstić information content (AvgIpc) is 2.52. The number of carbonyl (C=O) groups excluding carboxylic acids is 2. The van der Waals surface area contributed by atoms with Gasteiger partial charge in [0.05, 0.1) is 12.6 Å². The third-order valence-electron chi connectivity index (χ3n) is 3.39. The number of ether oxygens (including phenoxy) is 1. The fourth-order valence-corrected chi connectivity index (χ4v) is 1.89. The molecule has 0 bridgehead atoms. The first kappa shape index (κ1) is 17.2. The van der Waals surface area contributed by atoms with Crippen molar-refractivity contribution in [2.45, 2.75) is 26.3 Å². The molecule has 0 aliphatic rings. The summed E-state index contributed by atoms with van der Waals surface area (Å²) in [6.45, 7) is 4.99. The molecule has 21 heavy (non-hydrogen) atoms. The Kier molecular flexibility index (Phi) is 6.88. The highest BCUT2D eigenvalue weighted by Crippen LogP contribution is 2.08. The molecule has 0 aliphatic heterocycles. The maximum Gasteiger partial charge on any atom is 0.253 e. The van der Waals surface area contributed by atoms with Crippen molar-refractivity contribution < 1.29 is 14.3 Å². The lowest BCUT2D eigenvalue weighted by molar-refractivity contribution is 0.0802. The first-order valence-electron chi connectivity index (χ1n) is 7.18. The van der Waals surface area contributed by atoms with Gasteiger partial charge in [-0.15, -0.1) is 0 Å². The first-order valence-corrected chi connectivity index (χ1v) is 7.18. The molecule has 0 saturated heterocycles. The zero-order valence-corrected chi connectivity index (χ0v) is 13.2. The van der Waals surface area contributed by atoms with Gasteiger partial charge in [-0.1, -0.05) is 13.0 Å². The molecule has 1 aromatic carbocycles. The van der Waals surface area contributed by atoms with E-state index in [4.69, 9.17) is 4.74 Å². The van der Waals surface area contributed by atoms with Gasteiger partial charge in [0, 0.05) is 31.8 Å². The van der Waals surface area contributed by atoms with Crippen LogP contribution in [0.5, 0.6) is 0 Å². The van der Waals surface area contributed by atoms with E-state index in [-0.39, 0.29) is 17.9 Å². The summed E-state index contributed by atoms with van der Waals surface area (Å²) < 4.78 is 5.06. The van der Waals surface area contributed by atoms with Gasteiger partial charge in [-0.3, -0.25) is 9.59 Å². The third-order valence-corrected chi connectivity index (χ3v) is 3.39. The highest BCUT2D eigenvalue weighted by atomic mass is 16.5. The first-order chi connectivity index (χ1) is 10.0. The van der Waals surface area contributed by atoms with E-state index in [0.29, 0.717) is 24.3 Å². The number of methoxy groups -OCH3 is 1. The maximum atomic E-state index is 12.2. The lowest BCUT2D eigenvalue weighted by atomic mass is 10.1. The van der Waals surface area contributed by atoms with E-state index in [0.717, 1.165) is 6.42 Å². The number of nitrogens with one attached hydrogen (secondary N) is 1. The van der Waals surface area contributed by atoms with E-state index in [1.165, 1.54) is 0 Å². The second kappa shape index (κ2) is 8.42. The van der Waals surface area contributed by atoms with Gasteiger partial charge in [0.25, 0.3) is 11.8 Å². The van der Waals surface area contributed by atoms with Gasteiger partial charge >= 0.3 is 0 Å². The van der Waals surface area contributed by atoms with Crippen LogP contribution in [0.1, 0.15) is 41.0 Å². The summed E-state index contributed by atoms with van der Waals surface area (Å²) in [6.07, 6.45) is 0.788. The summed E-state index contributed by atoms with van der Waals surface area (Å²) in [5.41, 5.74) is 1.01. The molecule has 1 aromatic rings. The molecule has 0 heterocycles. The van der Waals surface area contributed by atoms with E-state index >= 15 is 0 Å². The molecule has 1 unspecified atom stereocenters. The van der Waals surface area contributed by atoms with Gasteiger partial charge in [0.2, 0.25) is 0 Å². The molecule has 0 saturated carbocycles. The molecule has 1 rings (SSSR count). The molecular formula is C16H24N2O3. The molecule has 0 radical (unpaired) electrons. The number of amides is 2. The summed E-state index contributed by atoms with van der Waals surface area (Å²) >= 11 is 0. The monoisotopic (exact) mass is 292 g/mol. The van der Waals surface area contributed by atoms with Crippen molar-refractivity contribution in [1.82, 2.24) is 10.2 Å². The Morgan fingerprint density at radius 2 is 1.95 bits per heavy atom. The summed E-state index contributed by atoms with van der Waals surface area (Å²) in [4.78, 5) is 25.9. The van der Waals surface area contributed by atoms with E-state index < -0.39 is 0 Å². The maximum absolute atomic E-state index is 12.2. The molecular weight excluding hydrogens is 268 g/mol. The number of benzene rings is 1. The van der Waals surface area contributed by atoms with Crippen molar-refractivity contribution in [2.75, 3.05) is 27.3 Å². The highest BCUT2D eigenvalue weighted by molar-refractivity contribution is 5.99. The zero-order valence-electron chi connectivity index (χ0n) is 13.2. The number of nitrogens with zero attached hydrogens (tertiary/aromatic N) is 1. The molecule has 1 N–H and O–H groups in total. The Morgan fingerprint density at radius 1 is 1.29 bits per heavy atom. The van der Waals surface area contributed by atoms with Crippen LogP contribution < -0.4 is 5.32 Å². The van der Waals surface area contributed by atoms with Crippen LogP contribution in [-0.2, 0) is 4.74 Å². The zero-order chi connectivity index (χ0) is 15.8. The molecule has 0 aliphatic carbocycles. The Balaban J connectivity index is 2.84. The fourth-order valence-electron chi connectivity index (χ4n) is 1.89. The van der Waals surface area contributed by atoms with Gasteiger partial charge in [-0.25, -0.2) is 0 Å². The lowest BCUT2D eigenvalue weighted by Gasteiger charge is -2.17. The van der Waals surface area contributed by atoms with Crippen molar-refractivity contribution in [3.8, 4) is 0 Å². The van der Waals surface area contributed by atoms with Gasteiger partial charge in [-0.2, -0.15) is 0 Å². The minimum atomic E-state index is -0.187. The SMILES string of the molecule is CCC(COC)NC(=O)c1cccc(C(=O)N(C)CC)c1. The summed E-state index contributed by atoms with van der Waals surface area (Å²) in [5.74, 6) is -0.274. The van der Waals surface area contributed by atoms with Crippen molar-refractivity contribution in [3.63, 3.8) is 0 Å². The van der Waals surface area contributed by atoms with E-state index in [2.05, 4.69) is 5.32 Å². The Bertz CT molecular complexity index is 488. The number of hydrogen-bond donors (Lipinski definition) is 1. The summed E-state index contributed by atoms with van der Waals surface area (Å²) in [7, 11) is 3.34. The highest BCUT2D eigenvalue weighted by Gasteiger charge is 2.15. The predicted molar refractivity (Wildman–Crippen MR) is 82.5 cm³/mol. The van der Waals surface area contributed by atoms with Crippen LogP contribution in [0, 0.1) is 0 Å². The lowest BCUT2D eigenvalue weighted by Crippen LogP contribution is -2.37. The average molecular weight is 292 g/mol. The van der Waals surface area contributed by atoms with Crippen molar-refractivity contribution in [1.29, 1.82) is 0 Å². The van der Waals surface area contributed by atoms with Gasteiger partial charge in [-0.05, 0) is 31.5 Å². The van der Waals surface area contributed by atoms with E-state index in [1.807, 2.05) is 13.8 Å². The standard InChI is InChI=1S/C16H24N2O3/c1-5-14(11-21-4)17-15(19)12-8-7-9-13(10-12)16(20)18(3)6-2/h7-10,14H,5-6,11H2,1-4H3,(H,17,19). The van der Waals surface area contributed by atoms with Crippen LogP contribution in [-0.4, -0.2) is 50.1 Å². The fraction of sp³-hybridized carbons (Fsp3) is 0.500. The van der Waals surface area contributed by atoms with Gasteiger partial charge < -0.3 is 15.0 Å². The molecule has 5 heteroatoms. The largest absolute Gasteiger partial charge is 0.383 e. The van der Waals surface area contributed by atoms with Crippen LogP contribution in [0.3, 0.4) is 0 Å². The van der Waals surface area contributed by atoms with Crippen molar-refractivity contribution in [3.05, 3.63) is 35.4 Å². The minimum absolute atomic E-state index is 0.0276. The van der Waals surface area contributed by atoms with Crippen molar-refractivity contribution in [2.24, 2.45) is 0 Å². The minimum Gasteiger partial charge on any atom is -0.383 e. The molecule has 0 spiro atoms. The normalized spacial score (nSPS) is 11.8. The molecule has 0 aromatic heterocycles. The van der Waals surface area contributed by atoms with Crippen LogP contribution in [0.4, 0.5) is 0 Å². The predicted octanol–water partition coefficient (Wildman–Crippen LogP) is 1.93. The topological polar surface area (TPSA) is 58.6 Å². The van der Waals surface area contributed by atoms with Crippen molar-refractivity contribution >= 4 is 11.8 Å². The number of rotatable bonds is 7. The third kappa shape index (κ3) is 4.86. The smallest absolute Gasteiger partial charge is 0.253 e. The summed E-state index contributed by atoms with van der Waals surface area (Å²) in [6, 6.07) is 6.75. The van der Waals surface area contributed by atoms with E-state index in [9.17, 15) is 9.59 Å². The van der Waals surface area contributed by atoms with E-state index in [1.54, 1.807) is 43.3 Å².